The van der Waals surface area contributed by atoms with Crippen LogP contribution in [0.15, 0.2) is 15.0 Å². The molecule has 1 aromatic rings. The minimum absolute atomic E-state index is 0.778. The highest BCUT2D eigenvalue weighted by Crippen LogP contribution is 2.33. The van der Waals surface area contributed by atoms with Crippen molar-refractivity contribution < 1.29 is 0 Å². The summed E-state index contributed by atoms with van der Waals surface area (Å²) in [5.74, 6) is 0. The van der Waals surface area contributed by atoms with Crippen LogP contribution < -0.4 is 5.73 Å². The summed E-state index contributed by atoms with van der Waals surface area (Å²) >= 11 is 6.85. The zero-order valence-electron chi connectivity index (χ0n) is 6.41. The lowest BCUT2D eigenvalue weighted by Gasteiger charge is -2.07. The van der Waals surface area contributed by atoms with Gasteiger partial charge in [-0.3, -0.25) is 0 Å². The van der Waals surface area contributed by atoms with E-state index in [1.165, 1.54) is 11.1 Å². The second-order valence-corrected chi connectivity index (χ2v) is 4.12. The van der Waals surface area contributed by atoms with Gasteiger partial charge in [-0.15, -0.1) is 0 Å². The van der Waals surface area contributed by atoms with Crippen molar-refractivity contribution in [3.05, 3.63) is 26.1 Å². The van der Waals surface area contributed by atoms with Crippen molar-refractivity contribution in [1.29, 1.82) is 0 Å². The molecule has 3 heteroatoms. The van der Waals surface area contributed by atoms with Gasteiger partial charge in [-0.2, -0.15) is 0 Å². The molecule has 0 heterocycles. The van der Waals surface area contributed by atoms with Crippen LogP contribution in [0.1, 0.15) is 11.1 Å². The zero-order valence-corrected chi connectivity index (χ0v) is 9.58. The first-order valence-electron chi connectivity index (χ1n) is 3.24. The fourth-order valence-electron chi connectivity index (χ4n) is 0.869. The van der Waals surface area contributed by atoms with Crippen LogP contribution in [-0.4, -0.2) is 0 Å². The van der Waals surface area contributed by atoms with Gasteiger partial charge in [-0.25, -0.2) is 0 Å². The summed E-state index contributed by atoms with van der Waals surface area (Å²) in [4.78, 5) is 0. The van der Waals surface area contributed by atoms with Crippen LogP contribution in [-0.2, 0) is 0 Å². The highest BCUT2D eigenvalue weighted by molar-refractivity contribution is 9.13. The molecule has 0 aromatic heterocycles. The Morgan fingerprint density at radius 1 is 1.18 bits per heavy atom. The maximum absolute atomic E-state index is 5.71. The van der Waals surface area contributed by atoms with Gasteiger partial charge < -0.3 is 5.73 Å². The highest BCUT2D eigenvalue weighted by atomic mass is 79.9. The topological polar surface area (TPSA) is 26.0 Å². The molecule has 1 rings (SSSR count). The highest BCUT2D eigenvalue weighted by Gasteiger charge is 2.06. The Morgan fingerprint density at radius 2 is 1.73 bits per heavy atom. The van der Waals surface area contributed by atoms with Gasteiger partial charge in [0.25, 0.3) is 0 Å². The summed E-state index contributed by atoms with van der Waals surface area (Å²) in [7, 11) is 0. The summed E-state index contributed by atoms with van der Waals surface area (Å²) in [6.45, 7) is 4.10. The molecule has 0 saturated heterocycles. The number of halogens is 2. The number of anilines is 1. The van der Waals surface area contributed by atoms with Gasteiger partial charge in [-0.05, 0) is 62.9 Å². The van der Waals surface area contributed by atoms with Crippen LogP contribution in [0.25, 0.3) is 0 Å². The van der Waals surface area contributed by atoms with Gasteiger partial charge in [0.2, 0.25) is 0 Å². The van der Waals surface area contributed by atoms with Crippen molar-refractivity contribution in [2.45, 2.75) is 13.8 Å². The Labute approximate surface area is 83.2 Å². The van der Waals surface area contributed by atoms with Crippen molar-refractivity contribution in [3.8, 4) is 0 Å². The van der Waals surface area contributed by atoms with Crippen LogP contribution in [0, 0.1) is 13.8 Å². The number of aryl methyl sites for hydroxylation is 1. The van der Waals surface area contributed by atoms with Crippen molar-refractivity contribution in [2.24, 2.45) is 0 Å². The van der Waals surface area contributed by atoms with Gasteiger partial charge >= 0.3 is 0 Å². The Kier molecular flexibility index (Phi) is 2.60. The Balaban J connectivity index is 3.46. The third-order valence-electron chi connectivity index (χ3n) is 1.74. The zero-order chi connectivity index (χ0) is 8.59. The lowest BCUT2D eigenvalue weighted by molar-refractivity contribution is 1.30. The van der Waals surface area contributed by atoms with Gasteiger partial charge in [0, 0.05) is 10.2 Å². The van der Waals surface area contributed by atoms with Crippen molar-refractivity contribution >= 4 is 37.5 Å². The molecule has 0 saturated carbocycles. The largest absolute Gasteiger partial charge is 0.398 e. The average molecular weight is 279 g/mol. The molecule has 0 aliphatic heterocycles. The predicted octanol–water partition coefficient (Wildman–Crippen LogP) is 3.41. The van der Waals surface area contributed by atoms with E-state index in [-0.39, 0.29) is 0 Å². The van der Waals surface area contributed by atoms with Crippen LogP contribution >= 0.6 is 31.9 Å². The SMILES string of the molecule is Cc1cc(N)c(Br)c(Br)c1C. The van der Waals surface area contributed by atoms with E-state index in [4.69, 9.17) is 5.73 Å². The molecule has 0 aliphatic rings. The molecule has 0 fully saturated rings. The van der Waals surface area contributed by atoms with Gasteiger partial charge in [0.15, 0.2) is 0 Å². The maximum Gasteiger partial charge on any atom is 0.0549 e. The Hall–Kier alpha value is -0.0200. The maximum atomic E-state index is 5.71. The molecule has 0 spiro atoms. The van der Waals surface area contributed by atoms with Crippen molar-refractivity contribution in [1.82, 2.24) is 0 Å². The molecule has 1 aromatic carbocycles. The fourth-order valence-corrected chi connectivity index (χ4v) is 1.82. The van der Waals surface area contributed by atoms with Crippen molar-refractivity contribution in [3.63, 3.8) is 0 Å². The summed E-state index contributed by atoms with van der Waals surface area (Å²) in [5, 5.41) is 0. The number of nitrogen functional groups attached to an aromatic ring is 1. The summed E-state index contributed by atoms with van der Waals surface area (Å²) < 4.78 is 2.00. The minimum atomic E-state index is 0.778. The number of nitrogens with two attached hydrogens (primary N) is 1. The second-order valence-electron chi connectivity index (χ2n) is 2.54. The smallest absolute Gasteiger partial charge is 0.0549 e. The quantitative estimate of drug-likeness (QED) is 0.723. The molecular formula is C8H9Br2N. The average Bonchev–Trinajstić information content (AvgIpc) is 1.97. The molecule has 0 radical (unpaired) electrons. The van der Waals surface area contributed by atoms with Gasteiger partial charge in [0.1, 0.15) is 0 Å². The minimum Gasteiger partial charge on any atom is -0.398 e. The molecular weight excluding hydrogens is 270 g/mol. The van der Waals surface area contributed by atoms with Crippen LogP contribution in [0.3, 0.4) is 0 Å². The van der Waals surface area contributed by atoms with E-state index in [0.29, 0.717) is 0 Å². The van der Waals surface area contributed by atoms with E-state index < -0.39 is 0 Å². The third kappa shape index (κ3) is 1.59. The number of hydrogen-bond acceptors (Lipinski definition) is 1. The van der Waals surface area contributed by atoms with E-state index in [0.717, 1.165) is 14.6 Å². The van der Waals surface area contributed by atoms with Crippen LogP contribution in [0.5, 0.6) is 0 Å². The summed E-state index contributed by atoms with van der Waals surface area (Å²) in [6, 6.07) is 1.96. The van der Waals surface area contributed by atoms with E-state index in [1.807, 2.05) is 13.0 Å². The van der Waals surface area contributed by atoms with Crippen LogP contribution in [0.2, 0.25) is 0 Å². The van der Waals surface area contributed by atoms with E-state index in [9.17, 15) is 0 Å². The first kappa shape index (κ1) is 9.07. The van der Waals surface area contributed by atoms with Gasteiger partial charge in [0.05, 0.1) is 4.47 Å². The first-order chi connectivity index (χ1) is 5.04. The molecule has 1 nitrogen and oxygen atoms in total. The summed E-state index contributed by atoms with van der Waals surface area (Å²) in [5.41, 5.74) is 8.93. The first-order valence-corrected chi connectivity index (χ1v) is 4.83. The van der Waals surface area contributed by atoms with E-state index in [2.05, 4.69) is 38.8 Å². The Morgan fingerprint density at radius 3 is 2.27 bits per heavy atom. The monoisotopic (exact) mass is 277 g/mol. The second kappa shape index (κ2) is 3.15. The normalized spacial score (nSPS) is 10.2. The fraction of sp³-hybridized carbons (Fsp3) is 0.250. The summed E-state index contributed by atoms with van der Waals surface area (Å²) in [6.07, 6.45) is 0. The Bertz CT molecular complexity index is 268. The van der Waals surface area contributed by atoms with E-state index in [1.54, 1.807) is 0 Å². The van der Waals surface area contributed by atoms with Crippen molar-refractivity contribution in [2.75, 3.05) is 5.73 Å². The molecule has 0 bridgehead atoms. The van der Waals surface area contributed by atoms with Crippen LogP contribution in [0.4, 0.5) is 5.69 Å². The molecule has 0 atom stereocenters. The predicted molar refractivity (Wildman–Crippen MR) is 55.7 cm³/mol. The van der Waals surface area contributed by atoms with Gasteiger partial charge in [-0.1, -0.05) is 0 Å². The molecule has 60 valence electrons. The molecule has 2 N–H and O–H groups in total. The number of benzene rings is 1. The molecule has 0 unspecified atom stereocenters. The van der Waals surface area contributed by atoms with E-state index >= 15 is 0 Å². The molecule has 11 heavy (non-hydrogen) atoms. The molecule has 0 amide bonds. The lowest BCUT2D eigenvalue weighted by atomic mass is 10.1. The molecule has 0 aliphatic carbocycles. The number of hydrogen-bond donors (Lipinski definition) is 1. The lowest BCUT2D eigenvalue weighted by Crippen LogP contribution is -1.92. The standard InChI is InChI=1S/C8H9Br2N/c1-4-3-6(11)8(10)7(9)5(4)2/h3H,11H2,1-2H3. The third-order valence-corrected chi connectivity index (χ3v) is 4.12. The number of rotatable bonds is 0.